The number of carbonyl (C=O) groups is 1. The second kappa shape index (κ2) is 6.78. The Morgan fingerprint density at radius 1 is 1.22 bits per heavy atom. The summed E-state index contributed by atoms with van der Waals surface area (Å²) in [6, 6.07) is 10.6. The predicted molar refractivity (Wildman–Crippen MR) is 89.1 cm³/mol. The topological polar surface area (TPSA) is 68.8 Å². The van der Waals surface area contributed by atoms with Gasteiger partial charge in [-0.3, -0.25) is 0 Å². The monoisotopic (exact) mass is 378 g/mol. The van der Waals surface area contributed by atoms with Crippen molar-refractivity contribution in [2.75, 3.05) is 19.2 Å². The molecule has 0 saturated heterocycles. The van der Waals surface area contributed by atoms with E-state index in [1.165, 1.54) is 0 Å². The molecule has 2 aromatic carbocycles. The van der Waals surface area contributed by atoms with E-state index in [0.717, 1.165) is 15.8 Å². The van der Waals surface area contributed by atoms with Crippen LogP contribution in [0.5, 0.6) is 17.2 Å². The Morgan fingerprint density at radius 2 is 2.04 bits per heavy atom. The lowest BCUT2D eigenvalue weighted by Crippen LogP contribution is -2.28. The van der Waals surface area contributed by atoms with E-state index in [2.05, 4.69) is 26.6 Å². The third-order valence-corrected chi connectivity index (χ3v) is 3.92. The molecular weight excluding hydrogens is 364 g/mol. The van der Waals surface area contributed by atoms with Gasteiger partial charge in [0.15, 0.2) is 11.5 Å². The van der Waals surface area contributed by atoms with Gasteiger partial charge in [0, 0.05) is 12.2 Å². The number of fused-ring (bicyclic) bond motifs is 1. The zero-order valence-electron chi connectivity index (χ0n) is 12.4. The first kappa shape index (κ1) is 15.5. The van der Waals surface area contributed by atoms with E-state index in [9.17, 15) is 4.79 Å². The SMILES string of the molecule is COc1ccc(NC(=O)NCc2ccc3c(c2)OCO3)cc1Br. The average molecular weight is 379 g/mol. The number of nitrogens with one attached hydrogen (secondary N) is 2. The van der Waals surface area contributed by atoms with Gasteiger partial charge in [0.2, 0.25) is 6.79 Å². The minimum absolute atomic E-state index is 0.235. The van der Waals surface area contributed by atoms with Crippen LogP contribution in [-0.4, -0.2) is 19.9 Å². The number of amides is 2. The number of halogens is 1. The number of methoxy groups -OCH3 is 1. The summed E-state index contributed by atoms with van der Waals surface area (Å²) in [5.74, 6) is 2.13. The number of ether oxygens (including phenoxy) is 3. The highest BCUT2D eigenvalue weighted by Gasteiger charge is 2.13. The zero-order valence-corrected chi connectivity index (χ0v) is 14.0. The number of hydrogen-bond donors (Lipinski definition) is 2. The maximum atomic E-state index is 12.0. The highest BCUT2D eigenvalue weighted by atomic mass is 79.9. The van der Waals surface area contributed by atoms with Crippen molar-refractivity contribution in [3.63, 3.8) is 0 Å². The van der Waals surface area contributed by atoms with E-state index in [0.29, 0.717) is 23.7 Å². The van der Waals surface area contributed by atoms with Gasteiger partial charge in [-0.2, -0.15) is 0 Å². The van der Waals surface area contributed by atoms with Gasteiger partial charge < -0.3 is 24.8 Å². The molecule has 120 valence electrons. The molecular formula is C16H15BrN2O4. The van der Waals surface area contributed by atoms with Crippen LogP contribution in [0.4, 0.5) is 10.5 Å². The average Bonchev–Trinajstić information content (AvgIpc) is 3.01. The van der Waals surface area contributed by atoms with E-state index in [-0.39, 0.29) is 12.8 Å². The highest BCUT2D eigenvalue weighted by Crippen LogP contribution is 2.32. The molecule has 0 spiro atoms. The van der Waals surface area contributed by atoms with Crippen LogP contribution in [0.1, 0.15) is 5.56 Å². The number of urea groups is 1. The van der Waals surface area contributed by atoms with Crippen LogP contribution in [0.3, 0.4) is 0 Å². The number of rotatable bonds is 4. The summed E-state index contributed by atoms with van der Waals surface area (Å²) in [5, 5.41) is 5.56. The summed E-state index contributed by atoms with van der Waals surface area (Å²) >= 11 is 3.38. The van der Waals surface area contributed by atoms with Gasteiger partial charge in [-0.1, -0.05) is 6.07 Å². The molecule has 0 saturated carbocycles. The Hall–Kier alpha value is -2.41. The molecule has 0 aromatic heterocycles. The Bertz CT molecular complexity index is 736. The molecule has 0 aliphatic carbocycles. The number of anilines is 1. The summed E-state index contributed by atoms with van der Waals surface area (Å²) in [5.41, 5.74) is 1.60. The molecule has 2 aromatic rings. The van der Waals surface area contributed by atoms with Gasteiger partial charge in [0.1, 0.15) is 5.75 Å². The third kappa shape index (κ3) is 3.68. The molecule has 3 rings (SSSR count). The molecule has 6 nitrogen and oxygen atoms in total. The minimum atomic E-state index is -0.292. The van der Waals surface area contributed by atoms with Crippen LogP contribution in [0.25, 0.3) is 0 Å². The largest absolute Gasteiger partial charge is 0.496 e. The first-order valence-corrected chi connectivity index (χ1v) is 7.72. The Labute approximate surface area is 141 Å². The van der Waals surface area contributed by atoms with Crippen LogP contribution < -0.4 is 24.8 Å². The Kier molecular flexibility index (Phi) is 4.57. The third-order valence-electron chi connectivity index (χ3n) is 3.30. The maximum Gasteiger partial charge on any atom is 0.319 e. The van der Waals surface area contributed by atoms with Crippen molar-refractivity contribution in [2.24, 2.45) is 0 Å². The van der Waals surface area contributed by atoms with Crippen molar-refractivity contribution in [3.8, 4) is 17.2 Å². The standard InChI is InChI=1S/C16H15BrN2O4/c1-21-13-5-3-11(7-12(13)17)19-16(20)18-8-10-2-4-14-15(6-10)23-9-22-14/h2-7H,8-9H2,1H3,(H2,18,19,20). The zero-order chi connectivity index (χ0) is 16.2. The van der Waals surface area contributed by atoms with Crippen molar-refractivity contribution in [1.29, 1.82) is 0 Å². The summed E-state index contributed by atoms with van der Waals surface area (Å²) in [6.45, 7) is 0.624. The smallest absolute Gasteiger partial charge is 0.319 e. The molecule has 1 aliphatic heterocycles. The van der Waals surface area contributed by atoms with Crippen molar-refractivity contribution >= 4 is 27.6 Å². The van der Waals surface area contributed by atoms with Crippen LogP contribution >= 0.6 is 15.9 Å². The molecule has 23 heavy (non-hydrogen) atoms. The molecule has 2 amide bonds. The van der Waals surface area contributed by atoms with Crippen molar-refractivity contribution in [2.45, 2.75) is 6.54 Å². The van der Waals surface area contributed by atoms with E-state index < -0.39 is 0 Å². The lowest BCUT2D eigenvalue weighted by Gasteiger charge is -2.10. The van der Waals surface area contributed by atoms with E-state index in [1.807, 2.05) is 18.2 Å². The summed E-state index contributed by atoms with van der Waals surface area (Å²) < 4.78 is 16.5. The summed E-state index contributed by atoms with van der Waals surface area (Å²) in [7, 11) is 1.59. The van der Waals surface area contributed by atoms with E-state index >= 15 is 0 Å². The quantitative estimate of drug-likeness (QED) is 0.853. The summed E-state index contributed by atoms with van der Waals surface area (Å²) in [6.07, 6.45) is 0. The van der Waals surface area contributed by atoms with Crippen LogP contribution in [0.2, 0.25) is 0 Å². The van der Waals surface area contributed by atoms with Crippen molar-refractivity contribution in [1.82, 2.24) is 5.32 Å². The Morgan fingerprint density at radius 3 is 2.83 bits per heavy atom. The van der Waals surface area contributed by atoms with Gasteiger partial charge in [-0.25, -0.2) is 4.79 Å². The lowest BCUT2D eigenvalue weighted by molar-refractivity contribution is 0.174. The number of hydrogen-bond acceptors (Lipinski definition) is 4. The predicted octanol–water partition coefficient (Wildman–Crippen LogP) is 3.51. The molecule has 0 bridgehead atoms. The molecule has 0 unspecified atom stereocenters. The van der Waals surface area contributed by atoms with E-state index in [4.69, 9.17) is 14.2 Å². The first-order valence-electron chi connectivity index (χ1n) is 6.92. The van der Waals surface area contributed by atoms with Gasteiger partial charge in [-0.15, -0.1) is 0 Å². The van der Waals surface area contributed by atoms with Gasteiger partial charge in [0.25, 0.3) is 0 Å². The fourth-order valence-electron chi connectivity index (χ4n) is 2.15. The maximum absolute atomic E-state index is 12.0. The fourth-order valence-corrected chi connectivity index (χ4v) is 2.69. The molecule has 1 aliphatic rings. The van der Waals surface area contributed by atoms with Gasteiger partial charge >= 0.3 is 6.03 Å². The molecule has 7 heteroatoms. The fraction of sp³-hybridized carbons (Fsp3) is 0.188. The first-order chi connectivity index (χ1) is 11.2. The number of carbonyl (C=O) groups excluding carboxylic acids is 1. The molecule has 0 atom stereocenters. The Balaban J connectivity index is 1.56. The normalized spacial score (nSPS) is 11.9. The molecule has 1 heterocycles. The lowest BCUT2D eigenvalue weighted by atomic mass is 10.2. The second-order valence-corrected chi connectivity index (χ2v) is 5.70. The van der Waals surface area contributed by atoms with Gasteiger partial charge in [0.05, 0.1) is 11.6 Å². The number of benzene rings is 2. The van der Waals surface area contributed by atoms with Crippen LogP contribution in [-0.2, 0) is 6.54 Å². The van der Waals surface area contributed by atoms with Crippen molar-refractivity contribution < 1.29 is 19.0 Å². The molecule has 0 radical (unpaired) electrons. The van der Waals surface area contributed by atoms with Crippen LogP contribution in [0, 0.1) is 0 Å². The van der Waals surface area contributed by atoms with Gasteiger partial charge in [-0.05, 0) is 51.8 Å². The second-order valence-electron chi connectivity index (χ2n) is 4.84. The molecule has 2 N–H and O–H groups in total. The molecule has 0 fully saturated rings. The summed E-state index contributed by atoms with van der Waals surface area (Å²) in [4.78, 5) is 12.0. The van der Waals surface area contributed by atoms with Crippen LogP contribution in [0.15, 0.2) is 40.9 Å². The minimum Gasteiger partial charge on any atom is -0.496 e. The van der Waals surface area contributed by atoms with Crippen molar-refractivity contribution in [3.05, 3.63) is 46.4 Å². The highest BCUT2D eigenvalue weighted by molar-refractivity contribution is 9.10. The van der Waals surface area contributed by atoms with E-state index in [1.54, 1.807) is 25.3 Å².